The van der Waals surface area contributed by atoms with Crippen LogP contribution in [0.5, 0.6) is 11.5 Å². The summed E-state index contributed by atoms with van der Waals surface area (Å²) in [6.45, 7) is 3.06. The van der Waals surface area contributed by atoms with Crippen LogP contribution in [0.3, 0.4) is 0 Å². The highest BCUT2D eigenvalue weighted by atomic mass is 19.2. The third-order valence-electron chi connectivity index (χ3n) is 6.87. The number of anilines is 3. The Bertz CT molecular complexity index is 1520. The van der Waals surface area contributed by atoms with E-state index in [2.05, 4.69) is 30.6 Å². The van der Waals surface area contributed by atoms with Crippen LogP contribution in [0.15, 0.2) is 49.1 Å². The molecule has 1 saturated heterocycles. The van der Waals surface area contributed by atoms with Crippen molar-refractivity contribution in [2.45, 2.75) is 19.4 Å². The van der Waals surface area contributed by atoms with Crippen molar-refractivity contribution in [2.75, 3.05) is 50.6 Å². The van der Waals surface area contributed by atoms with Gasteiger partial charge in [-0.3, -0.25) is 14.4 Å². The smallest absolute Gasteiger partial charge is 0.246 e. The maximum absolute atomic E-state index is 13.9. The minimum atomic E-state index is -1.12. The molecule has 4 aromatic rings. The summed E-state index contributed by atoms with van der Waals surface area (Å²) in [5, 5.41) is 19.8. The number of rotatable bonds is 11. The monoisotopic (exact) mass is 567 g/mol. The van der Waals surface area contributed by atoms with Gasteiger partial charge in [0.2, 0.25) is 5.91 Å². The highest BCUT2D eigenvalue weighted by Gasteiger charge is 2.19. The van der Waals surface area contributed by atoms with Gasteiger partial charge in [0.15, 0.2) is 23.1 Å². The van der Waals surface area contributed by atoms with Gasteiger partial charge in [0, 0.05) is 37.3 Å². The summed E-state index contributed by atoms with van der Waals surface area (Å²) < 4.78 is 40.3. The van der Waals surface area contributed by atoms with E-state index in [0.29, 0.717) is 46.4 Å². The number of piperidine rings is 1. The predicted molar refractivity (Wildman–Crippen MR) is 148 cm³/mol. The van der Waals surface area contributed by atoms with E-state index in [1.165, 1.54) is 29.3 Å². The van der Waals surface area contributed by atoms with Gasteiger partial charge in [-0.05, 0) is 43.5 Å². The molecule has 3 heterocycles. The second-order valence-corrected chi connectivity index (χ2v) is 9.78. The van der Waals surface area contributed by atoms with Crippen LogP contribution in [0.25, 0.3) is 10.9 Å². The highest BCUT2D eigenvalue weighted by Crippen LogP contribution is 2.34. The molecule has 1 atom stereocenters. The van der Waals surface area contributed by atoms with E-state index in [9.17, 15) is 18.7 Å². The first kappa shape index (κ1) is 28.2. The first-order valence-electron chi connectivity index (χ1n) is 13.3. The average molecular weight is 568 g/mol. The zero-order valence-corrected chi connectivity index (χ0v) is 22.5. The second kappa shape index (κ2) is 12.9. The molecule has 3 N–H and O–H groups in total. The van der Waals surface area contributed by atoms with Crippen molar-refractivity contribution in [1.82, 2.24) is 24.6 Å². The van der Waals surface area contributed by atoms with Crippen molar-refractivity contribution < 1.29 is 28.2 Å². The SMILES string of the molecule is COc1cc2c(Nc3cnn(CC(=O)Nc4cccc(F)c4F)c3)ncnc2cc1OCCN1CCCC(CO)C1. The number of nitrogens with zero attached hydrogens (tertiary/aromatic N) is 5. The number of likely N-dealkylation sites (tertiary alicyclic amines) is 1. The molecular formula is C28H31F2N7O4. The lowest BCUT2D eigenvalue weighted by molar-refractivity contribution is -0.116. The number of carbonyl (C=O) groups excluding carboxylic acids is 1. The lowest BCUT2D eigenvalue weighted by Gasteiger charge is -2.31. The normalized spacial score (nSPS) is 15.6. The molecule has 11 nitrogen and oxygen atoms in total. The average Bonchev–Trinajstić information content (AvgIpc) is 3.41. The Morgan fingerprint density at radius 1 is 1.22 bits per heavy atom. The highest BCUT2D eigenvalue weighted by molar-refractivity contribution is 5.93. The predicted octanol–water partition coefficient (Wildman–Crippen LogP) is 3.58. The molecule has 41 heavy (non-hydrogen) atoms. The Hall–Kier alpha value is -4.36. The van der Waals surface area contributed by atoms with Gasteiger partial charge >= 0.3 is 0 Å². The number of benzene rings is 2. The molecule has 1 unspecified atom stereocenters. The summed E-state index contributed by atoms with van der Waals surface area (Å²) in [5.74, 6) is -0.836. The van der Waals surface area contributed by atoms with Gasteiger partial charge in [0.05, 0.1) is 30.2 Å². The number of aliphatic hydroxyl groups excluding tert-OH is 1. The molecule has 2 aromatic carbocycles. The summed E-state index contributed by atoms with van der Waals surface area (Å²) in [5.41, 5.74) is 0.948. The molecule has 0 bridgehead atoms. The van der Waals surface area contributed by atoms with E-state index in [4.69, 9.17) is 9.47 Å². The van der Waals surface area contributed by atoms with Gasteiger partial charge in [-0.2, -0.15) is 5.10 Å². The molecule has 1 aliphatic heterocycles. The van der Waals surface area contributed by atoms with E-state index < -0.39 is 17.5 Å². The quantitative estimate of drug-likeness (QED) is 0.249. The van der Waals surface area contributed by atoms with Gasteiger partial charge in [-0.25, -0.2) is 18.7 Å². The van der Waals surface area contributed by atoms with E-state index in [0.717, 1.165) is 38.5 Å². The topological polar surface area (TPSA) is 127 Å². The Labute approximate surface area is 235 Å². The van der Waals surface area contributed by atoms with Gasteiger partial charge in [-0.15, -0.1) is 0 Å². The lowest BCUT2D eigenvalue weighted by Crippen LogP contribution is -2.39. The van der Waals surface area contributed by atoms with E-state index >= 15 is 0 Å². The summed E-state index contributed by atoms with van der Waals surface area (Å²) in [6, 6.07) is 7.15. The van der Waals surface area contributed by atoms with E-state index in [-0.39, 0.29) is 18.8 Å². The van der Waals surface area contributed by atoms with Gasteiger partial charge in [-0.1, -0.05) is 6.07 Å². The summed E-state index contributed by atoms with van der Waals surface area (Å²) in [6.07, 6.45) is 6.65. The standard InChI is InChI=1S/C28H31F2N7O4/c1-40-24-10-20-23(11-25(24)41-9-8-36-7-3-4-18(13-36)16-38)31-17-32-28(20)34-19-12-33-37(14-19)15-26(39)35-22-6-2-5-21(29)27(22)30/h2,5-6,10-12,14,17-18,38H,3-4,7-9,13,15-16H2,1H3,(H,35,39)(H,31,32,34). The van der Waals surface area contributed by atoms with Crippen LogP contribution in [0.4, 0.5) is 26.0 Å². The number of ether oxygens (including phenoxy) is 2. The fraction of sp³-hybridized carbons (Fsp3) is 0.357. The third-order valence-corrected chi connectivity index (χ3v) is 6.87. The molecule has 2 aromatic heterocycles. The Balaban J connectivity index is 1.23. The van der Waals surface area contributed by atoms with Gasteiger partial charge in [0.25, 0.3) is 0 Å². The molecule has 5 rings (SSSR count). The fourth-order valence-corrected chi connectivity index (χ4v) is 4.81. The number of aromatic nitrogens is 4. The van der Waals surface area contributed by atoms with Gasteiger partial charge < -0.3 is 25.2 Å². The van der Waals surface area contributed by atoms with Crippen LogP contribution in [0, 0.1) is 17.6 Å². The number of amides is 1. The fourth-order valence-electron chi connectivity index (χ4n) is 4.81. The summed E-state index contributed by atoms with van der Waals surface area (Å²) in [7, 11) is 1.56. The molecule has 0 saturated carbocycles. The van der Waals surface area contributed by atoms with Crippen molar-refractivity contribution in [2.24, 2.45) is 5.92 Å². The second-order valence-electron chi connectivity index (χ2n) is 9.78. The molecular weight excluding hydrogens is 536 g/mol. The van der Waals surface area contributed by atoms with E-state index in [1.807, 2.05) is 0 Å². The number of halogens is 2. The van der Waals surface area contributed by atoms with Crippen LogP contribution in [-0.2, 0) is 11.3 Å². The number of hydrogen-bond donors (Lipinski definition) is 3. The van der Waals surface area contributed by atoms with Crippen molar-refractivity contribution in [3.63, 3.8) is 0 Å². The first-order chi connectivity index (χ1) is 19.9. The van der Waals surface area contributed by atoms with Crippen molar-refractivity contribution >= 4 is 34.0 Å². The molecule has 1 amide bonds. The van der Waals surface area contributed by atoms with Crippen LogP contribution in [0.2, 0.25) is 0 Å². The number of hydrogen-bond acceptors (Lipinski definition) is 9. The summed E-state index contributed by atoms with van der Waals surface area (Å²) >= 11 is 0. The van der Waals surface area contributed by atoms with Crippen LogP contribution < -0.4 is 20.1 Å². The maximum Gasteiger partial charge on any atom is 0.246 e. The lowest BCUT2D eigenvalue weighted by atomic mass is 9.99. The number of fused-ring (bicyclic) bond motifs is 1. The van der Waals surface area contributed by atoms with Crippen LogP contribution in [0.1, 0.15) is 12.8 Å². The minimum absolute atomic E-state index is 0.208. The zero-order valence-electron chi connectivity index (χ0n) is 22.5. The first-order valence-corrected chi connectivity index (χ1v) is 13.3. The largest absolute Gasteiger partial charge is 0.493 e. The number of nitrogens with one attached hydrogen (secondary N) is 2. The number of methoxy groups -OCH3 is 1. The van der Waals surface area contributed by atoms with Crippen molar-refractivity contribution in [3.05, 3.63) is 60.7 Å². The van der Waals surface area contributed by atoms with Crippen LogP contribution in [-0.4, -0.2) is 75.6 Å². The number of aliphatic hydroxyl groups is 1. The molecule has 216 valence electrons. The molecule has 1 aliphatic rings. The number of carbonyl (C=O) groups is 1. The van der Waals surface area contributed by atoms with E-state index in [1.54, 1.807) is 25.4 Å². The molecule has 0 radical (unpaired) electrons. The zero-order chi connectivity index (χ0) is 28.8. The van der Waals surface area contributed by atoms with Crippen molar-refractivity contribution in [3.8, 4) is 11.5 Å². The Morgan fingerprint density at radius 2 is 2.10 bits per heavy atom. The Morgan fingerprint density at radius 3 is 2.93 bits per heavy atom. The molecule has 13 heteroatoms. The third kappa shape index (κ3) is 6.87. The van der Waals surface area contributed by atoms with Crippen LogP contribution >= 0.6 is 0 Å². The minimum Gasteiger partial charge on any atom is -0.493 e. The Kier molecular flexibility index (Phi) is 8.85. The van der Waals surface area contributed by atoms with Crippen molar-refractivity contribution in [1.29, 1.82) is 0 Å². The maximum atomic E-state index is 13.9. The molecule has 0 aliphatic carbocycles. The molecule has 1 fully saturated rings. The van der Waals surface area contributed by atoms with Gasteiger partial charge in [0.1, 0.15) is 25.3 Å². The molecule has 0 spiro atoms. The summed E-state index contributed by atoms with van der Waals surface area (Å²) in [4.78, 5) is 23.4.